The Labute approximate surface area is 166 Å². The number of nitrogens with zero attached hydrogens (tertiary/aromatic N) is 1. The van der Waals surface area contributed by atoms with Crippen LogP contribution in [0.3, 0.4) is 0 Å². The lowest BCUT2D eigenvalue weighted by Crippen LogP contribution is -2.12. The summed E-state index contributed by atoms with van der Waals surface area (Å²) < 4.78 is 0. The lowest BCUT2D eigenvalue weighted by molar-refractivity contribution is 0.287. The highest BCUT2D eigenvalue weighted by Crippen LogP contribution is 2.28. The minimum atomic E-state index is 0.898. The van der Waals surface area contributed by atoms with E-state index in [4.69, 9.17) is 0 Å². The van der Waals surface area contributed by atoms with Gasteiger partial charge in [-0.25, -0.2) is 0 Å². The average Bonchev–Trinajstić information content (AvgIpc) is 2.65. The van der Waals surface area contributed by atoms with Gasteiger partial charge in [-0.1, -0.05) is 117 Å². The first-order valence-corrected chi connectivity index (χ1v) is 12.2. The van der Waals surface area contributed by atoms with E-state index >= 15 is 0 Å². The van der Waals surface area contributed by atoms with Crippen LogP contribution in [-0.4, -0.2) is 12.8 Å². The zero-order valence-electron chi connectivity index (χ0n) is 18.9. The summed E-state index contributed by atoms with van der Waals surface area (Å²) in [5.41, 5.74) is 0. The van der Waals surface area contributed by atoms with Gasteiger partial charge in [-0.05, 0) is 37.8 Å². The van der Waals surface area contributed by atoms with Crippen molar-refractivity contribution in [1.82, 2.24) is 0 Å². The second-order valence-electron chi connectivity index (χ2n) is 8.46. The van der Waals surface area contributed by atoms with Gasteiger partial charge in [0.25, 0.3) is 0 Å². The maximum absolute atomic E-state index is 4.41. The van der Waals surface area contributed by atoms with Crippen molar-refractivity contribution in [2.75, 3.05) is 6.54 Å². The molecule has 0 N–H and O–H groups in total. The SMILES string of the molecule is CCCCCCCCCCCCC(CC/C=N/CC)C(C)CCCCC. The lowest BCUT2D eigenvalue weighted by atomic mass is 9.82. The molecule has 0 aromatic rings. The van der Waals surface area contributed by atoms with E-state index in [0.717, 1.165) is 18.4 Å². The predicted octanol–water partition coefficient (Wildman–Crippen LogP) is 9.00. The van der Waals surface area contributed by atoms with Gasteiger partial charge in [0.05, 0.1) is 0 Å². The molecule has 26 heavy (non-hydrogen) atoms. The molecule has 2 unspecified atom stereocenters. The zero-order chi connectivity index (χ0) is 19.3. The average molecular weight is 366 g/mol. The molecule has 1 heteroatoms. The third-order valence-corrected chi connectivity index (χ3v) is 5.97. The van der Waals surface area contributed by atoms with Crippen LogP contribution in [-0.2, 0) is 0 Å². The van der Waals surface area contributed by atoms with Crippen LogP contribution in [0, 0.1) is 11.8 Å². The maximum atomic E-state index is 4.41. The molecule has 0 bridgehead atoms. The van der Waals surface area contributed by atoms with Crippen molar-refractivity contribution >= 4 is 6.21 Å². The molecular formula is C25H51N. The third kappa shape index (κ3) is 17.1. The summed E-state index contributed by atoms with van der Waals surface area (Å²) in [5, 5.41) is 0. The summed E-state index contributed by atoms with van der Waals surface area (Å²) in [6, 6.07) is 0. The Hall–Kier alpha value is -0.330. The van der Waals surface area contributed by atoms with Gasteiger partial charge in [0.15, 0.2) is 0 Å². The van der Waals surface area contributed by atoms with Gasteiger partial charge in [-0.3, -0.25) is 4.99 Å². The van der Waals surface area contributed by atoms with Crippen LogP contribution < -0.4 is 0 Å². The summed E-state index contributed by atoms with van der Waals surface area (Å²) in [6.45, 7) is 10.2. The topological polar surface area (TPSA) is 12.4 Å². The second-order valence-corrected chi connectivity index (χ2v) is 8.46. The fourth-order valence-electron chi connectivity index (χ4n) is 4.07. The van der Waals surface area contributed by atoms with Crippen LogP contribution in [0.4, 0.5) is 0 Å². The summed E-state index contributed by atoms with van der Waals surface area (Å²) in [6.07, 6.45) is 26.2. The van der Waals surface area contributed by atoms with E-state index in [2.05, 4.69) is 38.9 Å². The highest BCUT2D eigenvalue weighted by molar-refractivity contribution is 5.56. The molecule has 0 heterocycles. The van der Waals surface area contributed by atoms with E-state index in [1.54, 1.807) is 0 Å². The predicted molar refractivity (Wildman–Crippen MR) is 122 cm³/mol. The van der Waals surface area contributed by atoms with Crippen molar-refractivity contribution in [3.63, 3.8) is 0 Å². The van der Waals surface area contributed by atoms with Crippen LogP contribution in [0.5, 0.6) is 0 Å². The van der Waals surface area contributed by atoms with Crippen molar-refractivity contribution in [3.05, 3.63) is 0 Å². The van der Waals surface area contributed by atoms with Crippen LogP contribution >= 0.6 is 0 Å². The van der Waals surface area contributed by atoms with Crippen molar-refractivity contribution in [3.8, 4) is 0 Å². The Bertz CT molecular complexity index is 284. The summed E-state index contributed by atoms with van der Waals surface area (Å²) in [4.78, 5) is 4.41. The lowest BCUT2D eigenvalue weighted by Gasteiger charge is -2.24. The number of unbranched alkanes of at least 4 members (excludes halogenated alkanes) is 11. The summed E-state index contributed by atoms with van der Waals surface area (Å²) in [7, 11) is 0. The molecule has 0 aliphatic carbocycles. The largest absolute Gasteiger partial charge is 0.298 e. The smallest absolute Gasteiger partial charge is 0.0357 e. The minimum absolute atomic E-state index is 0.898. The molecule has 156 valence electrons. The van der Waals surface area contributed by atoms with Crippen molar-refractivity contribution in [1.29, 1.82) is 0 Å². The number of hydrogen-bond donors (Lipinski definition) is 0. The van der Waals surface area contributed by atoms with Crippen molar-refractivity contribution in [2.45, 2.75) is 137 Å². The fourth-order valence-corrected chi connectivity index (χ4v) is 4.07. The summed E-state index contributed by atoms with van der Waals surface area (Å²) in [5.74, 6) is 1.82. The van der Waals surface area contributed by atoms with Gasteiger partial charge in [0, 0.05) is 6.54 Å². The molecule has 0 radical (unpaired) electrons. The molecule has 2 atom stereocenters. The Morgan fingerprint density at radius 3 is 1.69 bits per heavy atom. The number of rotatable bonds is 20. The van der Waals surface area contributed by atoms with E-state index in [1.165, 1.54) is 109 Å². The van der Waals surface area contributed by atoms with Gasteiger partial charge in [0.1, 0.15) is 0 Å². The van der Waals surface area contributed by atoms with Gasteiger partial charge in [-0.2, -0.15) is 0 Å². The normalized spacial score (nSPS) is 14.2. The van der Waals surface area contributed by atoms with E-state index in [0.29, 0.717) is 0 Å². The Kier molecular flexibility index (Phi) is 20.7. The van der Waals surface area contributed by atoms with Gasteiger partial charge in [0.2, 0.25) is 0 Å². The molecule has 1 nitrogen and oxygen atoms in total. The molecule has 0 aliphatic rings. The molecule has 0 aliphatic heterocycles. The van der Waals surface area contributed by atoms with Crippen molar-refractivity contribution < 1.29 is 0 Å². The highest BCUT2D eigenvalue weighted by Gasteiger charge is 2.16. The van der Waals surface area contributed by atoms with Crippen LogP contribution in [0.2, 0.25) is 0 Å². The Balaban J connectivity index is 3.85. The first kappa shape index (κ1) is 25.7. The van der Waals surface area contributed by atoms with Gasteiger partial charge in [-0.15, -0.1) is 0 Å². The zero-order valence-corrected chi connectivity index (χ0v) is 18.9. The first-order valence-electron chi connectivity index (χ1n) is 12.2. The quantitative estimate of drug-likeness (QED) is 0.151. The summed E-state index contributed by atoms with van der Waals surface area (Å²) >= 11 is 0. The standard InChI is InChI=1S/C25H51N/c1-5-8-10-11-12-13-14-15-16-18-21-25(22-19-23-26-7-3)24(4)20-17-9-6-2/h23-25H,5-22H2,1-4H3/b26-23+. The Morgan fingerprint density at radius 2 is 1.12 bits per heavy atom. The molecule has 0 saturated carbocycles. The Morgan fingerprint density at radius 1 is 0.615 bits per heavy atom. The van der Waals surface area contributed by atoms with Crippen LogP contribution in [0.25, 0.3) is 0 Å². The van der Waals surface area contributed by atoms with Crippen LogP contribution in [0.15, 0.2) is 4.99 Å². The number of hydrogen-bond acceptors (Lipinski definition) is 1. The fraction of sp³-hybridized carbons (Fsp3) is 0.960. The van der Waals surface area contributed by atoms with Crippen molar-refractivity contribution in [2.24, 2.45) is 16.8 Å². The van der Waals surface area contributed by atoms with E-state index in [1.807, 2.05) is 0 Å². The van der Waals surface area contributed by atoms with E-state index in [9.17, 15) is 0 Å². The number of aliphatic imine (C=N–C) groups is 1. The highest BCUT2D eigenvalue weighted by atomic mass is 14.7. The van der Waals surface area contributed by atoms with Gasteiger partial charge >= 0.3 is 0 Å². The molecule has 0 saturated heterocycles. The van der Waals surface area contributed by atoms with E-state index < -0.39 is 0 Å². The second kappa shape index (κ2) is 21.0. The monoisotopic (exact) mass is 365 g/mol. The van der Waals surface area contributed by atoms with E-state index in [-0.39, 0.29) is 0 Å². The first-order chi connectivity index (χ1) is 12.8. The van der Waals surface area contributed by atoms with Crippen LogP contribution in [0.1, 0.15) is 137 Å². The molecule has 0 rings (SSSR count). The molecule has 0 fully saturated rings. The minimum Gasteiger partial charge on any atom is -0.298 e. The molecular weight excluding hydrogens is 314 g/mol. The molecule has 0 amide bonds. The third-order valence-electron chi connectivity index (χ3n) is 5.97. The molecule has 0 spiro atoms. The molecule has 0 aromatic carbocycles. The molecule has 0 aromatic heterocycles. The maximum Gasteiger partial charge on any atom is 0.0357 e. The van der Waals surface area contributed by atoms with Gasteiger partial charge < -0.3 is 0 Å².